The highest BCUT2D eigenvalue weighted by atomic mass is 16.6. The number of nitrogens with zero attached hydrogens (tertiary/aromatic N) is 2. The van der Waals surface area contributed by atoms with Crippen molar-refractivity contribution in [3.05, 3.63) is 69.8 Å². The van der Waals surface area contributed by atoms with Crippen molar-refractivity contribution < 1.29 is 9.72 Å². The quantitative estimate of drug-likeness (QED) is 0.668. The van der Waals surface area contributed by atoms with Crippen LogP contribution in [0.5, 0.6) is 0 Å². The Bertz CT molecular complexity index is 774. The molecule has 0 heterocycles. The topological polar surface area (TPSA) is 75.5 Å². The number of rotatable bonds is 5. The van der Waals surface area contributed by atoms with Crippen molar-refractivity contribution in [2.75, 3.05) is 18.9 Å². The molecule has 1 unspecified atom stereocenters. The van der Waals surface area contributed by atoms with Crippen molar-refractivity contribution in [3.63, 3.8) is 0 Å². The molecule has 0 saturated heterocycles. The second-order valence-electron chi connectivity index (χ2n) is 6.37. The number of likely N-dealkylation sites (N-methyl/N-ethyl adjacent to an activating group) is 1. The summed E-state index contributed by atoms with van der Waals surface area (Å²) in [6.07, 6.45) is 3.25. The van der Waals surface area contributed by atoms with E-state index >= 15 is 0 Å². The molecular weight excluding hydrogens is 318 g/mol. The number of carbonyl (C=O) groups excluding carboxylic acids is 1. The molecule has 1 amide bonds. The van der Waals surface area contributed by atoms with Crippen molar-refractivity contribution in [2.45, 2.75) is 25.3 Å². The van der Waals surface area contributed by atoms with Crippen molar-refractivity contribution in [1.82, 2.24) is 4.90 Å². The molecule has 0 bridgehead atoms. The lowest BCUT2D eigenvalue weighted by Gasteiger charge is -2.32. The summed E-state index contributed by atoms with van der Waals surface area (Å²) in [5.74, 6) is -0.126. The maximum atomic E-state index is 12.3. The second-order valence-corrected chi connectivity index (χ2v) is 6.37. The zero-order valence-corrected chi connectivity index (χ0v) is 14.1. The first kappa shape index (κ1) is 17.1. The van der Waals surface area contributed by atoms with Gasteiger partial charge >= 0.3 is 0 Å². The maximum absolute atomic E-state index is 12.3. The Hall–Kier alpha value is -2.73. The molecule has 6 nitrogen and oxygen atoms in total. The van der Waals surface area contributed by atoms with E-state index in [9.17, 15) is 14.9 Å². The summed E-state index contributed by atoms with van der Waals surface area (Å²) in [6, 6.07) is 14.5. The van der Waals surface area contributed by atoms with Crippen LogP contribution in [0.2, 0.25) is 0 Å². The van der Waals surface area contributed by atoms with E-state index in [0.29, 0.717) is 5.69 Å². The zero-order chi connectivity index (χ0) is 17.8. The first-order valence-electron chi connectivity index (χ1n) is 8.37. The number of carbonyl (C=O) groups is 1. The number of hydrogen-bond donors (Lipinski definition) is 1. The lowest BCUT2D eigenvalue weighted by atomic mass is 9.87. The molecule has 1 aliphatic rings. The molecule has 2 aromatic carbocycles. The number of nitro groups is 1. The molecule has 130 valence electrons. The van der Waals surface area contributed by atoms with Gasteiger partial charge in [0, 0.05) is 23.9 Å². The van der Waals surface area contributed by atoms with Crippen LogP contribution in [0.1, 0.15) is 30.0 Å². The summed E-state index contributed by atoms with van der Waals surface area (Å²) in [5.41, 5.74) is 3.24. The molecule has 1 aliphatic carbocycles. The molecule has 0 fully saturated rings. The van der Waals surface area contributed by atoms with Gasteiger partial charge in [0.1, 0.15) is 0 Å². The summed E-state index contributed by atoms with van der Waals surface area (Å²) in [6.45, 7) is 0.274. The minimum absolute atomic E-state index is 0.00827. The summed E-state index contributed by atoms with van der Waals surface area (Å²) in [5, 5.41) is 13.5. The van der Waals surface area contributed by atoms with Crippen LogP contribution in [-0.2, 0) is 11.2 Å². The van der Waals surface area contributed by atoms with Gasteiger partial charge in [-0.05, 0) is 49.6 Å². The smallest absolute Gasteiger partial charge is 0.269 e. The number of anilines is 1. The Morgan fingerprint density at radius 2 is 1.96 bits per heavy atom. The van der Waals surface area contributed by atoms with Gasteiger partial charge in [-0.2, -0.15) is 0 Å². The Labute approximate surface area is 146 Å². The van der Waals surface area contributed by atoms with E-state index in [1.165, 1.54) is 23.3 Å². The molecular formula is C19H21N3O3. The fourth-order valence-corrected chi connectivity index (χ4v) is 3.39. The van der Waals surface area contributed by atoms with Gasteiger partial charge in [-0.15, -0.1) is 0 Å². The molecule has 3 rings (SSSR count). The molecule has 0 aromatic heterocycles. The van der Waals surface area contributed by atoms with E-state index in [-0.39, 0.29) is 24.2 Å². The van der Waals surface area contributed by atoms with Gasteiger partial charge in [-0.1, -0.05) is 24.3 Å². The largest absolute Gasteiger partial charge is 0.325 e. The lowest BCUT2D eigenvalue weighted by Crippen LogP contribution is -2.34. The van der Waals surface area contributed by atoms with E-state index in [2.05, 4.69) is 28.4 Å². The summed E-state index contributed by atoms with van der Waals surface area (Å²) >= 11 is 0. The van der Waals surface area contributed by atoms with Crippen LogP contribution in [0, 0.1) is 10.1 Å². The van der Waals surface area contributed by atoms with Gasteiger partial charge in [0.2, 0.25) is 5.91 Å². The molecule has 0 spiro atoms. The molecule has 1 atom stereocenters. The number of nitrogens with one attached hydrogen (secondary N) is 1. The average Bonchev–Trinajstić information content (AvgIpc) is 2.61. The highest BCUT2D eigenvalue weighted by molar-refractivity contribution is 5.92. The Balaban J connectivity index is 1.62. The molecule has 25 heavy (non-hydrogen) atoms. The van der Waals surface area contributed by atoms with Crippen molar-refractivity contribution in [1.29, 1.82) is 0 Å². The van der Waals surface area contributed by atoms with E-state index in [0.717, 1.165) is 19.3 Å². The molecule has 1 N–H and O–H groups in total. The van der Waals surface area contributed by atoms with Crippen molar-refractivity contribution in [3.8, 4) is 0 Å². The summed E-state index contributed by atoms with van der Waals surface area (Å²) in [7, 11) is 1.96. The van der Waals surface area contributed by atoms with Gasteiger partial charge in [0.05, 0.1) is 11.5 Å². The lowest BCUT2D eigenvalue weighted by molar-refractivity contribution is -0.384. The molecule has 0 aliphatic heterocycles. The Morgan fingerprint density at radius 1 is 1.24 bits per heavy atom. The first-order chi connectivity index (χ1) is 12.0. The highest BCUT2D eigenvalue weighted by Gasteiger charge is 2.24. The number of amides is 1. The van der Waals surface area contributed by atoms with Crippen LogP contribution in [0.4, 0.5) is 11.4 Å². The summed E-state index contributed by atoms with van der Waals surface area (Å²) in [4.78, 5) is 24.6. The van der Waals surface area contributed by atoms with Gasteiger partial charge in [0.15, 0.2) is 0 Å². The maximum Gasteiger partial charge on any atom is 0.269 e. The Morgan fingerprint density at radius 3 is 2.68 bits per heavy atom. The third kappa shape index (κ3) is 4.03. The second kappa shape index (κ2) is 7.44. The van der Waals surface area contributed by atoms with E-state index < -0.39 is 4.92 Å². The normalized spacial score (nSPS) is 16.3. The van der Waals surface area contributed by atoms with Crippen LogP contribution in [0.15, 0.2) is 48.5 Å². The predicted octanol–water partition coefficient (Wildman–Crippen LogP) is 3.54. The number of hydrogen-bond acceptors (Lipinski definition) is 4. The third-order valence-corrected chi connectivity index (χ3v) is 4.62. The van der Waals surface area contributed by atoms with E-state index in [1.807, 2.05) is 13.1 Å². The van der Waals surface area contributed by atoms with E-state index in [1.54, 1.807) is 12.1 Å². The minimum atomic E-state index is -0.458. The summed E-state index contributed by atoms with van der Waals surface area (Å²) < 4.78 is 0. The first-order valence-corrected chi connectivity index (χ1v) is 8.37. The third-order valence-electron chi connectivity index (χ3n) is 4.62. The Kier molecular flexibility index (Phi) is 5.09. The van der Waals surface area contributed by atoms with Crippen molar-refractivity contribution in [2.24, 2.45) is 0 Å². The SMILES string of the molecule is CN(CC(=O)Nc1ccc([N+](=O)[O-])cc1)C1CCCc2ccccc21. The predicted molar refractivity (Wildman–Crippen MR) is 96.5 cm³/mol. The zero-order valence-electron chi connectivity index (χ0n) is 14.1. The van der Waals surface area contributed by atoms with Crippen LogP contribution in [0.3, 0.4) is 0 Å². The number of aryl methyl sites for hydroxylation is 1. The van der Waals surface area contributed by atoms with Crippen LogP contribution in [0.25, 0.3) is 0 Å². The van der Waals surface area contributed by atoms with E-state index in [4.69, 9.17) is 0 Å². The van der Waals surface area contributed by atoms with Gasteiger partial charge in [0.25, 0.3) is 5.69 Å². The standard InChI is InChI=1S/C19H21N3O3/c1-21(18-8-4-6-14-5-2-3-7-17(14)18)13-19(23)20-15-9-11-16(12-10-15)22(24)25/h2-3,5,7,9-12,18H,4,6,8,13H2,1H3,(H,20,23). The number of benzene rings is 2. The highest BCUT2D eigenvalue weighted by Crippen LogP contribution is 2.33. The van der Waals surface area contributed by atoms with Crippen LogP contribution < -0.4 is 5.32 Å². The monoisotopic (exact) mass is 339 g/mol. The number of non-ortho nitro benzene ring substituents is 1. The average molecular weight is 339 g/mol. The van der Waals surface area contributed by atoms with Gasteiger partial charge in [-0.3, -0.25) is 19.8 Å². The fraction of sp³-hybridized carbons (Fsp3) is 0.316. The van der Waals surface area contributed by atoms with Crippen LogP contribution in [-0.4, -0.2) is 29.3 Å². The molecule has 2 aromatic rings. The molecule has 6 heteroatoms. The van der Waals surface area contributed by atoms with Crippen molar-refractivity contribution >= 4 is 17.3 Å². The van der Waals surface area contributed by atoms with Crippen LogP contribution >= 0.6 is 0 Å². The minimum Gasteiger partial charge on any atom is -0.325 e. The van der Waals surface area contributed by atoms with Gasteiger partial charge in [-0.25, -0.2) is 0 Å². The fourth-order valence-electron chi connectivity index (χ4n) is 3.39. The molecule has 0 saturated carbocycles. The van der Waals surface area contributed by atoms with Gasteiger partial charge < -0.3 is 5.32 Å². The molecule has 0 radical (unpaired) electrons. The number of fused-ring (bicyclic) bond motifs is 1. The number of nitro benzene ring substituents is 1.